The van der Waals surface area contributed by atoms with E-state index >= 15 is 0 Å². The average Bonchev–Trinajstić information content (AvgIpc) is 3.00. The zero-order chi connectivity index (χ0) is 14.7. The van der Waals surface area contributed by atoms with Crippen molar-refractivity contribution >= 4 is 29.7 Å². The second kappa shape index (κ2) is 7.77. The van der Waals surface area contributed by atoms with E-state index in [1.54, 1.807) is 0 Å². The van der Waals surface area contributed by atoms with Gasteiger partial charge in [0.05, 0.1) is 4.88 Å². The fraction of sp³-hybridized carbons (Fsp3) is 0.353. The molecule has 0 saturated heterocycles. The topological polar surface area (TPSA) is 55.1 Å². The van der Waals surface area contributed by atoms with E-state index in [9.17, 15) is 4.79 Å². The van der Waals surface area contributed by atoms with Crippen molar-refractivity contribution < 1.29 is 4.79 Å². The van der Waals surface area contributed by atoms with Gasteiger partial charge in [0.2, 0.25) is 0 Å². The van der Waals surface area contributed by atoms with Gasteiger partial charge in [-0.1, -0.05) is 30.3 Å². The molecule has 1 saturated carbocycles. The Balaban J connectivity index is 0.00000176. The number of thiophene rings is 1. The van der Waals surface area contributed by atoms with Crippen LogP contribution in [-0.2, 0) is 0 Å². The van der Waals surface area contributed by atoms with Gasteiger partial charge in [0.15, 0.2) is 0 Å². The summed E-state index contributed by atoms with van der Waals surface area (Å²) in [6.45, 7) is 0. The Hall–Kier alpha value is -1.36. The molecule has 0 bridgehead atoms. The van der Waals surface area contributed by atoms with Crippen molar-refractivity contribution in [1.29, 1.82) is 0 Å². The molecule has 5 heteroatoms. The van der Waals surface area contributed by atoms with Crippen LogP contribution in [0.3, 0.4) is 0 Å². The second-order valence-corrected chi connectivity index (χ2v) is 6.53. The van der Waals surface area contributed by atoms with Crippen LogP contribution >= 0.6 is 23.7 Å². The molecule has 3 rings (SSSR count). The van der Waals surface area contributed by atoms with Crippen molar-refractivity contribution in [3.05, 3.63) is 46.7 Å². The fourth-order valence-electron chi connectivity index (χ4n) is 2.84. The van der Waals surface area contributed by atoms with Gasteiger partial charge in [0.25, 0.3) is 5.91 Å². The largest absolute Gasteiger partial charge is 0.349 e. The molecule has 0 spiro atoms. The van der Waals surface area contributed by atoms with E-state index in [-0.39, 0.29) is 24.4 Å². The Morgan fingerprint density at radius 2 is 1.77 bits per heavy atom. The lowest BCUT2D eigenvalue weighted by Gasteiger charge is -2.26. The molecular weight excluding hydrogens is 316 g/mol. The minimum Gasteiger partial charge on any atom is -0.349 e. The molecule has 3 N–H and O–H groups in total. The highest BCUT2D eigenvalue weighted by Gasteiger charge is 2.22. The maximum absolute atomic E-state index is 12.5. The third-order valence-corrected chi connectivity index (χ3v) is 4.98. The number of amides is 1. The quantitative estimate of drug-likeness (QED) is 0.894. The van der Waals surface area contributed by atoms with Gasteiger partial charge in [-0.25, -0.2) is 0 Å². The number of carbonyl (C=O) groups is 1. The van der Waals surface area contributed by atoms with Crippen molar-refractivity contribution in [2.75, 3.05) is 0 Å². The van der Waals surface area contributed by atoms with Gasteiger partial charge in [-0.05, 0) is 42.7 Å². The summed E-state index contributed by atoms with van der Waals surface area (Å²) in [5.74, 6) is 0.0457. The molecule has 2 aromatic rings. The Morgan fingerprint density at radius 3 is 2.45 bits per heavy atom. The molecule has 1 aromatic heterocycles. The van der Waals surface area contributed by atoms with Gasteiger partial charge in [-0.2, -0.15) is 0 Å². The summed E-state index contributed by atoms with van der Waals surface area (Å²) >= 11 is 1.50. The highest BCUT2D eigenvalue weighted by Crippen LogP contribution is 2.28. The molecule has 0 aliphatic heterocycles. The summed E-state index contributed by atoms with van der Waals surface area (Å²) in [5.41, 5.74) is 8.02. The third-order valence-electron chi connectivity index (χ3n) is 4.06. The normalized spacial score (nSPS) is 21.0. The highest BCUT2D eigenvalue weighted by molar-refractivity contribution is 7.12. The molecule has 1 fully saturated rings. The van der Waals surface area contributed by atoms with Crippen LogP contribution < -0.4 is 11.1 Å². The fourth-order valence-corrected chi connectivity index (χ4v) is 3.66. The van der Waals surface area contributed by atoms with Crippen molar-refractivity contribution in [3.8, 4) is 11.1 Å². The molecule has 0 radical (unpaired) electrons. The standard InChI is InChI=1S/C17H20N2OS.ClH/c18-13-6-8-14(9-7-13)19-17(20)16-15(10-11-21-16)12-4-2-1-3-5-12;/h1-5,10-11,13-14H,6-9,18H2,(H,19,20);1H. The SMILES string of the molecule is Cl.NC1CCC(NC(=O)c2sccc2-c2ccccc2)CC1. The highest BCUT2D eigenvalue weighted by atomic mass is 35.5. The predicted octanol–water partition coefficient (Wildman–Crippen LogP) is 3.84. The molecule has 1 aromatic carbocycles. The monoisotopic (exact) mass is 336 g/mol. The van der Waals surface area contributed by atoms with E-state index in [4.69, 9.17) is 5.73 Å². The average molecular weight is 337 g/mol. The first-order chi connectivity index (χ1) is 10.2. The van der Waals surface area contributed by atoms with E-state index < -0.39 is 0 Å². The molecule has 3 nitrogen and oxygen atoms in total. The maximum Gasteiger partial charge on any atom is 0.262 e. The summed E-state index contributed by atoms with van der Waals surface area (Å²) < 4.78 is 0. The number of nitrogens with one attached hydrogen (secondary N) is 1. The molecule has 1 amide bonds. The number of rotatable bonds is 3. The van der Waals surface area contributed by atoms with Crippen molar-refractivity contribution in [1.82, 2.24) is 5.32 Å². The Morgan fingerprint density at radius 1 is 1.09 bits per heavy atom. The van der Waals surface area contributed by atoms with Gasteiger partial charge in [0, 0.05) is 17.6 Å². The Bertz CT molecular complexity index is 606. The van der Waals surface area contributed by atoms with Crippen LogP contribution in [-0.4, -0.2) is 18.0 Å². The van der Waals surface area contributed by atoms with Gasteiger partial charge in [-0.15, -0.1) is 23.7 Å². The summed E-state index contributed by atoms with van der Waals surface area (Å²) in [7, 11) is 0. The molecule has 1 aliphatic rings. The molecule has 22 heavy (non-hydrogen) atoms. The van der Waals surface area contributed by atoms with E-state index in [2.05, 4.69) is 5.32 Å². The smallest absolute Gasteiger partial charge is 0.262 e. The summed E-state index contributed by atoms with van der Waals surface area (Å²) in [5, 5.41) is 5.15. The lowest BCUT2D eigenvalue weighted by atomic mass is 9.92. The minimum absolute atomic E-state index is 0. The van der Waals surface area contributed by atoms with Crippen molar-refractivity contribution in [2.24, 2.45) is 5.73 Å². The van der Waals surface area contributed by atoms with E-state index in [1.165, 1.54) is 11.3 Å². The molecule has 118 valence electrons. The number of benzene rings is 1. The Kier molecular flexibility index (Phi) is 6.00. The predicted molar refractivity (Wildman–Crippen MR) is 94.7 cm³/mol. The number of hydrogen-bond acceptors (Lipinski definition) is 3. The van der Waals surface area contributed by atoms with Crippen LogP contribution in [0, 0.1) is 0 Å². The lowest BCUT2D eigenvalue weighted by Crippen LogP contribution is -2.40. The third kappa shape index (κ3) is 3.88. The van der Waals surface area contributed by atoms with Gasteiger partial charge < -0.3 is 11.1 Å². The maximum atomic E-state index is 12.5. The summed E-state index contributed by atoms with van der Waals surface area (Å²) in [4.78, 5) is 13.3. The van der Waals surface area contributed by atoms with Crippen LogP contribution in [0.2, 0.25) is 0 Å². The number of halogens is 1. The first-order valence-electron chi connectivity index (χ1n) is 7.43. The first kappa shape index (κ1) is 17.0. The number of carbonyl (C=O) groups excluding carboxylic acids is 1. The van der Waals surface area contributed by atoms with E-state index in [0.717, 1.165) is 41.7 Å². The van der Waals surface area contributed by atoms with Crippen LogP contribution in [0.25, 0.3) is 11.1 Å². The number of nitrogens with two attached hydrogens (primary N) is 1. The van der Waals surface area contributed by atoms with Crippen molar-refractivity contribution in [2.45, 2.75) is 37.8 Å². The van der Waals surface area contributed by atoms with Gasteiger partial charge in [-0.3, -0.25) is 4.79 Å². The van der Waals surface area contributed by atoms with Crippen molar-refractivity contribution in [3.63, 3.8) is 0 Å². The van der Waals surface area contributed by atoms with Crippen LogP contribution in [0.15, 0.2) is 41.8 Å². The summed E-state index contributed by atoms with van der Waals surface area (Å²) in [6, 6.07) is 12.7. The summed E-state index contributed by atoms with van der Waals surface area (Å²) in [6.07, 6.45) is 3.97. The molecule has 0 unspecified atom stereocenters. The molecular formula is C17H21ClN2OS. The molecule has 0 atom stereocenters. The van der Waals surface area contributed by atoms with Gasteiger partial charge in [0.1, 0.15) is 0 Å². The molecule has 1 heterocycles. The minimum atomic E-state index is 0. The molecule has 1 aliphatic carbocycles. The van der Waals surface area contributed by atoms with E-state index in [1.807, 2.05) is 41.8 Å². The zero-order valence-corrected chi connectivity index (χ0v) is 14.0. The van der Waals surface area contributed by atoms with Crippen LogP contribution in [0.5, 0.6) is 0 Å². The van der Waals surface area contributed by atoms with E-state index in [0.29, 0.717) is 6.04 Å². The van der Waals surface area contributed by atoms with Crippen LogP contribution in [0.4, 0.5) is 0 Å². The van der Waals surface area contributed by atoms with Crippen LogP contribution in [0.1, 0.15) is 35.4 Å². The number of hydrogen-bond donors (Lipinski definition) is 2. The van der Waals surface area contributed by atoms with Gasteiger partial charge >= 0.3 is 0 Å². The lowest BCUT2D eigenvalue weighted by molar-refractivity contribution is 0.0930. The zero-order valence-electron chi connectivity index (χ0n) is 12.3. The Labute approximate surface area is 141 Å². The second-order valence-electron chi connectivity index (χ2n) is 5.61. The first-order valence-corrected chi connectivity index (χ1v) is 8.31.